The van der Waals surface area contributed by atoms with E-state index in [4.69, 9.17) is 17.0 Å². The normalized spacial score (nSPS) is 11.4. The third-order valence-corrected chi connectivity index (χ3v) is 4.37. The van der Waals surface area contributed by atoms with Crippen molar-refractivity contribution in [1.82, 2.24) is 10.2 Å². The van der Waals surface area contributed by atoms with E-state index in [1.807, 2.05) is 13.8 Å². The first kappa shape index (κ1) is 21.0. The van der Waals surface area contributed by atoms with E-state index in [-0.39, 0.29) is 24.1 Å². The Kier molecular flexibility index (Phi) is 8.50. The van der Waals surface area contributed by atoms with E-state index in [0.717, 1.165) is 12.8 Å². The fourth-order valence-electron chi connectivity index (χ4n) is 2.48. The first-order valence-corrected chi connectivity index (χ1v) is 9.29. The number of amides is 1. The monoisotopic (exact) mass is 385 g/mol. The average Bonchev–Trinajstić information content (AvgIpc) is 2.54. The predicted octanol–water partition coefficient (Wildman–Crippen LogP) is 2.45. The number of methoxy groups -OCH3 is 1. The number of carbonyl (C=O) groups excluding carboxylic acids is 1. The molecule has 0 aromatic heterocycles. The van der Waals surface area contributed by atoms with Crippen LogP contribution < -0.4 is 10.1 Å². The van der Waals surface area contributed by atoms with Crippen molar-refractivity contribution in [3.8, 4) is 5.75 Å². The Bertz CT molecular complexity index is 755. The Labute approximate surface area is 155 Å². The summed E-state index contributed by atoms with van der Waals surface area (Å²) in [6, 6.07) is 4.78. The maximum absolute atomic E-state index is 12.7. The third-order valence-electron chi connectivity index (χ3n) is 3.62. The summed E-state index contributed by atoms with van der Waals surface area (Å²) >= 11 is 5.26. The molecule has 1 N–H and O–H groups in total. The van der Waals surface area contributed by atoms with Gasteiger partial charge < -0.3 is 10.1 Å². The van der Waals surface area contributed by atoms with Gasteiger partial charge in [-0.3, -0.25) is 9.69 Å². The number of rotatable bonds is 7. The first-order chi connectivity index (χ1) is 11.8. The number of thiocarbonyl (C=S) groups is 1. The lowest BCUT2D eigenvalue weighted by atomic mass is 10.1. The van der Waals surface area contributed by atoms with Crippen LogP contribution in [-0.4, -0.2) is 44.5 Å². The van der Waals surface area contributed by atoms with Gasteiger partial charge in [0.05, 0.1) is 13.5 Å². The summed E-state index contributed by atoms with van der Waals surface area (Å²) in [7, 11) is 0.491. The molecule has 0 fully saturated rings. The van der Waals surface area contributed by atoms with Crippen LogP contribution >= 0.6 is 12.2 Å². The number of nitrogens with zero attached hydrogens (tertiary/aromatic N) is 2. The van der Waals surface area contributed by atoms with Gasteiger partial charge >= 0.3 is 10.5 Å². The molecule has 0 heterocycles. The van der Waals surface area contributed by atoms with Crippen molar-refractivity contribution in [2.24, 2.45) is 4.36 Å². The van der Waals surface area contributed by atoms with Crippen LogP contribution in [0.2, 0.25) is 0 Å². The fourth-order valence-corrected chi connectivity index (χ4v) is 3.07. The van der Waals surface area contributed by atoms with Gasteiger partial charge in [0.1, 0.15) is 11.4 Å². The molecule has 1 aromatic carbocycles. The Hall–Kier alpha value is -2.00. The topological polar surface area (TPSA) is 88.1 Å². The van der Waals surface area contributed by atoms with Gasteiger partial charge in [-0.05, 0) is 43.3 Å². The Balaban J connectivity index is 3.11. The van der Waals surface area contributed by atoms with Crippen molar-refractivity contribution in [3.63, 3.8) is 0 Å². The van der Waals surface area contributed by atoms with Gasteiger partial charge in [0.25, 0.3) is 0 Å². The van der Waals surface area contributed by atoms with Crippen LogP contribution in [0.3, 0.4) is 0 Å². The molecule has 1 unspecified atom stereocenters. The summed E-state index contributed by atoms with van der Waals surface area (Å²) in [5, 5.41) is 3.21. The molecule has 9 heteroatoms. The van der Waals surface area contributed by atoms with Gasteiger partial charge in [-0.15, -0.1) is 4.36 Å². The molecule has 1 amide bonds. The van der Waals surface area contributed by atoms with Crippen LogP contribution in [0.15, 0.2) is 22.6 Å². The maximum Gasteiger partial charge on any atom is 0.316 e. The quantitative estimate of drug-likeness (QED) is 0.726. The molecule has 0 aliphatic carbocycles. The molecule has 138 valence electrons. The van der Waals surface area contributed by atoms with Crippen molar-refractivity contribution in [2.75, 3.05) is 14.2 Å². The van der Waals surface area contributed by atoms with Crippen LogP contribution in [0.25, 0.3) is 0 Å². The standard InChI is InChI=1S/C16H23N3O4S2/c1-5-6-11(2)19(16(24)17-3)15(20)10-12-7-8-14(23-4)13(9-12)18-25(21)22/h7-9,11H,5-6,10H2,1-4H3,(H,17,24). The SMILES string of the molecule is CCCC(C)N(C(=O)Cc1ccc(OC)c(N=S(=O)=O)c1)C(=S)NC. The van der Waals surface area contributed by atoms with E-state index in [1.165, 1.54) is 13.2 Å². The maximum atomic E-state index is 12.7. The van der Waals surface area contributed by atoms with Crippen LogP contribution in [0, 0.1) is 0 Å². The zero-order valence-electron chi connectivity index (χ0n) is 14.8. The molecule has 0 saturated carbocycles. The zero-order chi connectivity index (χ0) is 19.0. The molecule has 0 radical (unpaired) electrons. The molecule has 1 atom stereocenters. The predicted molar refractivity (Wildman–Crippen MR) is 101 cm³/mol. The number of carbonyl (C=O) groups is 1. The minimum absolute atomic E-state index is 0.0333. The average molecular weight is 386 g/mol. The van der Waals surface area contributed by atoms with E-state index >= 15 is 0 Å². The minimum atomic E-state index is -2.61. The van der Waals surface area contributed by atoms with Crippen molar-refractivity contribution in [1.29, 1.82) is 0 Å². The summed E-state index contributed by atoms with van der Waals surface area (Å²) in [4.78, 5) is 14.3. The minimum Gasteiger partial charge on any atom is -0.494 e. The summed E-state index contributed by atoms with van der Waals surface area (Å²) in [6.45, 7) is 3.99. The molecule has 0 saturated heterocycles. The van der Waals surface area contributed by atoms with E-state index < -0.39 is 10.5 Å². The van der Waals surface area contributed by atoms with Crippen LogP contribution in [0.1, 0.15) is 32.3 Å². The van der Waals surface area contributed by atoms with Gasteiger partial charge in [-0.2, -0.15) is 8.42 Å². The molecule has 0 bridgehead atoms. The number of ether oxygens (including phenoxy) is 1. The lowest BCUT2D eigenvalue weighted by molar-refractivity contribution is -0.128. The molecule has 0 aliphatic rings. The highest BCUT2D eigenvalue weighted by atomic mass is 32.2. The van der Waals surface area contributed by atoms with E-state index in [2.05, 4.69) is 9.68 Å². The Morgan fingerprint density at radius 3 is 2.64 bits per heavy atom. The van der Waals surface area contributed by atoms with E-state index in [0.29, 0.717) is 16.4 Å². The molecule has 25 heavy (non-hydrogen) atoms. The highest BCUT2D eigenvalue weighted by molar-refractivity contribution is 7.80. The molecular weight excluding hydrogens is 362 g/mol. The lowest BCUT2D eigenvalue weighted by Gasteiger charge is -2.29. The summed E-state index contributed by atoms with van der Waals surface area (Å²) in [6.07, 6.45) is 1.83. The Morgan fingerprint density at radius 2 is 2.12 bits per heavy atom. The second-order valence-corrected chi connectivity index (χ2v) is 6.45. The smallest absolute Gasteiger partial charge is 0.316 e. The van der Waals surface area contributed by atoms with Gasteiger partial charge in [-0.1, -0.05) is 19.4 Å². The van der Waals surface area contributed by atoms with E-state index in [1.54, 1.807) is 24.1 Å². The zero-order valence-corrected chi connectivity index (χ0v) is 16.4. The van der Waals surface area contributed by atoms with Crippen molar-refractivity contribution < 1.29 is 17.9 Å². The van der Waals surface area contributed by atoms with Gasteiger partial charge in [0.2, 0.25) is 5.91 Å². The van der Waals surface area contributed by atoms with Gasteiger partial charge in [0, 0.05) is 13.1 Å². The van der Waals surface area contributed by atoms with Crippen LogP contribution in [-0.2, 0) is 21.7 Å². The van der Waals surface area contributed by atoms with Gasteiger partial charge in [-0.25, -0.2) is 0 Å². The number of hydrogen-bond acceptors (Lipinski definition) is 6. The molecular formula is C16H23N3O4S2. The molecule has 7 nitrogen and oxygen atoms in total. The number of hydrogen-bond donors (Lipinski definition) is 1. The second-order valence-electron chi connectivity index (χ2n) is 5.45. The van der Waals surface area contributed by atoms with E-state index in [9.17, 15) is 13.2 Å². The first-order valence-electron chi connectivity index (χ1n) is 7.85. The summed E-state index contributed by atoms with van der Waals surface area (Å²) in [5.74, 6) is 0.155. The van der Waals surface area contributed by atoms with Gasteiger partial charge in [0.15, 0.2) is 5.11 Å². The van der Waals surface area contributed by atoms with Crippen molar-refractivity contribution >= 4 is 39.4 Å². The van der Waals surface area contributed by atoms with Crippen molar-refractivity contribution in [2.45, 2.75) is 39.2 Å². The molecule has 1 aromatic rings. The van der Waals surface area contributed by atoms with Crippen molar-refractivity contribution in [3.05, 3.63) is 23.8 Å². The number of benzene rings is 1. The van der Waals surface area contributed by atoms with Crippen LogP contribution in [0.4, 0.5) is 5.69 Å². The molecule has 1 rings (SSSR count). The summed E-state index contributed by atoms with van der Waals surface area (Å²) in [5.41, 5.74) is 0.785. The highest BCUT2D eigenvalue weighted by Crippen LogP contribution is 2.28. The molecule has 0 aliphatic heterocycles. The fraction of sp³-hybridized carbons (Fsp3) is 0.500. The summed E-state index contributed by atoms with van der Waals surface area (Å²) < 4.78 is 30.3. The lowest BCUT2D eigenvalue weighted by Crippen LogP contribution is -2.48. The second kappa shape index (κ2) is 10.1. The number of nitrogens with one attached hydrogen (secondary N) is 1. The van der Waals surface area contributed by atoms with Crippen LogP contribution in [0.5, 0.6) is 5.75 Å². The molecule has 0 spiro atoms. The third kappa shape index (κ3) is 6.09. The highest BCUT2D eigenvalue weighted by Gasteiger charge is 2.23. The largest absolute Gasteiger partial charge is 0.494 e. The Morgan fingerprint density at radius 1 is 1.44 bits per heavy atom.